The van der Waals surface area contributed by atoms with E-state index in [2.05, 4.69) is 23.9 Å². The number of hydrogen-bond acceptors (Lipinski definition) is 3. The van der Waals surface area contributed by atoms with Crippen LogP contribution in [0.1, 0.15) is 37.1 Å². The lowest BCUT2D eigenvalue weighted by molar-refractivity contribution is 0.220. The van der Waals surface area contributed by atoms with Gasteiger partial charge >= 0.3 is 0 Å². The highest BCUT2D eigenvalue weighted by Crippen LogP contribution is 2.25. The van der Waals surface area contributed by atoms with Crippen LogP contribution in [0.5, 0.6) is 0 Å². The largest absolute Gasteiger partial charge is 0.384 e. The summed E-state index contributed by atoms with van der Waals surface area (Å²) < 4.78 is 1.85. The second-order valence-electron chi connectivity index (χ2n) is 5.21. The number of nitrogens with zero attached hydrogens (tertiary/aromatic N) is 3. The van der Waals surface area contributed by atoms with Gasteiger partial charge in [-0.1, -0.05) is 12.1 Å². The highest BCUT2D eigenvalue weighted by Gasteiger charge is 2.14. The number of aliphatic hydroxyl groups excluding tert-OH is 1. The molecule has 1 atom stereocenters. The zero-order chi connectivity index (χ0) is 14.1. The van der Waals surface area contributed by atoms with Crippen molar-refractivity contribution >= 4 is 10.9 Å². The Balaban J connectivity index is 1.96. The van der Waals surface area contributed by atoms with E-state index in [1.807, 2.05) is 41.2 Å². The topological polar surface area (TPSA) is 50.9 Å². The fourth-order valence-electron chi connectivity index (χ4n) is 2.23. The van der Waals surface area contributed by atoms with Crippen LogP contribution >= 0.6 is 0 Å². The van der Waals surface area contributed by atoms with Gasteiger partial charge in [-0.2, -0.15) is 5.10 Å². The summed E-state index contributed by atoms with van der Waals surface area (Å²) in [6, 6.07) is 10.00. The second-order valence-corrected chi connectivity index (χ2v) is 5.21. The van der Waals surface area contributed by atoms with E-state index in [0.717, 1.165) is 22.0 Å². The van der Waals surface area contributed by atoms with Crippen LogP contribution in [0.2, 0.25) is 0 Å². The SMILES string of the molecule is CC(C)n1cc(C(O)c2ccc3ncccc3c2)cn1. The molecule has 20 heavy (non-hydrogen) atoms. The van der Waals surface area contributed by atoms with Crippen LogP contribution in [0.3, 0.4) is 0 Å². The molecule has 4 heteroatoms. The summed E-state index contributed by atoms with van der Waals surface area (Å²) in [6.45, 7) is 4.12. The third kappa shape index (κ3) is 2.30. The van der Waals surface area contributed by atoms with Crippen molar-refractivity contribution in [2.75, 3.05) is 0 Å². The van der Waals surface area contributed by atoms with Crippen LogP contribution < -0.4 is 0 Å². The lowest BCUT2D eigenvalue weighted by Gasteiger charge is -2.10. The molecule has 0 fully saturated rings. The molecule has 0 saturated heterocycles. The summed E-state index contributed by atoms with van der Waals surface area (Å²) in [5, 5.41) is 15.8. The first kappa shape index (κ1) is 12.8. The van der Waals surface area contributed by atoms with Crippen molar-refractivity contribution in [3.8, 4) is 0 Å². The van der Waals surface area contributed by atoms with Crippen molar-refractivity contribution in [2.45, 2.75) is 26.0 Å². The molecule has 0 aliphatic rings. The van der Waals surface area contributed by atoms with Crippen molar-refractivity contribution in [2.24, 2.45) is 0 Å². The lowest BCUT2D eigenvalue weighted by atomic mass is 10.0. The van der Waals surface area contributed by atoms with E-state index < -0.39 is 6.10 Å². The molecule has 3 aromatic rings. The van der Waals surface area contributed by atoms with Gasteiger partial charge in [-0.15, -0.1) is 0 Å². The number of hydrogen-bond donors (Lipinski definition) is 1. The van der Waals surface area contributed by atoms with Crippen LogP contribution in [0.4, 0.5) is 0 Å². The van der Waals surface area contributed by atoms with Gasteiger partial charge in [-0.3, -0.25) is 9.67 Å². The molecule has 3 rings (SSSR count). The standard InChI is InChI=1S/C16H17N3O/c1-11(2)19-10-14(9-18-19)16(20)13-5-6-15-12(8-13)4-3-7-17-15/h3-11,16,20H,1-2H3. The predicted octanol–water partition coefficient (Wildman–Crippen LogP) is 3.09. The van der Waals surface area contributed by atoms with E-state index in [-0.39, 0.29) is 6.04 Å². The highest BCUT2D eigenvalue weighted by molar-refractivity contribution is 5.79. The fraction of sp³-hybridized carbons (Fsp3) is 0.250. The first-order valence-electron chi connectivity index (χ1n) is 6.72. The number of aliphatic hydroxyl groups is 1. The van der Waals surface area contributed by atoms with Gasteiger partial charge in [-0.25, -0.2) is 0 Å². The summed E-state index contributed by atoms with van der Waals surface area (Å²) in [5.41, 5.74) is 2.59. The summed E-state index contributed by atoms with van der Waals surface area (Å²) in [6.07, 6.45) is 4.72. The molecule has 2 aromatic heterocycles. The van der Waals surface area contributed by atoms with Crippen molar-refractivity contribution in [3.05, 3.63) is 60.0 Å². The van der Waals surface area contributed by atoms with Gasteiger partial charge in [0, 0.05) is 29.4 Å². The third-order valence-corrected chi connectivity index (χ3v) is 3.41. The predicted molar refractivity (Wildman–Crippen MR) is 78.4 cm³/mol. The molecular formula is C16H17N3O. The number of aromatic nitrogens is 3. The smallest absolute Gasteiger partial charge is 0.107 e. The van der Waals surface area contributed by atoms with Crippen molar-refractivity contribution in [1.82, 2.24) is 14.8 Å². The van der Waals surface area contributed by atoms with Gasteiger partial charge in [0.25, 0.3) is 0 Å². The van der Waals surface area contributed by atoms with Crippen molar-refractivity contribution in [1.29, 1.82) is 0 Å². The van der Waals surface area contributed by atoms with Crippen LogP contribution in [0, 0.1) is 0 Å². The summed E-state index contributed by atoms with van der Waals surface area (Å²) in [4.78, 5) is 4.28. The zero-order valence-corrected chi connectivity index (χ0v) is 11.6. The molecular weight excluding hydrogens is 250 g/mol. The molecule has 0 amide bonds. The Bertz CT molecular complexity index is 733. The maximum Gasteiger partial charge on any atom is 0.107 e. The molecule has 1 unspecified atom stereocenters. The van der Waals surface area contributed by atoms with Gasteiger partial charge in [0.1, 0.15) is 6.10 Å². The Morgan fingerprint density at radius 1 is 1.15 bits per heavy atom. The monoisotopic (exact) mass is 267 g/mol. The summed E-state index contributed by atoms with van der Waals surface area (Å²) in [5.74, 6) is 0. The molecule has 0 radical (unpaired) electrons. The molecule has 0 bridgehead atoms. The highest BCUT2D eigenvalue weighted by atomic mass is 16.3. The summed E-state index contributed by atoms with van der Waals surface area (Å²) >= 11 is 0. The molecule has 0 aliphatic carbocycles. The minimum Gasteiger partial charge on any atom is -0.384 e. The van der Waals surface area contributed by atoms with Crippen LogP contribution in [0.15, 0.2) is 48.9 Å². The number of rotatable bonds is 3. The quantitative estimate of drug-likeness (QED) is 0.793. The van der Waals surface area contributed by atoms with Gasteiger partial charge < -0.3 is 5.11 Å². The first-order valence-corrected chi connectivity index (χ1v) is 6.72. The van der Waals surface area contributed by atoms with Gasteiger partial charge in [0.2, 0.25) is 0 Å². The van der Waals surface area contributed by atoms with Crippen LogP contribution in [-0.4, -0.2) is 19.9 Å². The van der Waals surface area contributed by atoms with E-state index in [1.54, 1.807) is 12.4 Å². The van der Waals surface area contributed by atoms with Gasteiger partial charge in [-0.05, 0) is 37.6 Å². The number of fused-ring (bicyclic) bond motifs is 1. The molecule has 0 spiro atoms. The molecule has 1 aromatic carbocycles. The number of benzene rings is 1. The molecule has 0 saturated carbocycles. The van der Waals surface area contributed by atoms with E-state index in [1.165, 1.54) is 0 Å². The average molecular weight is 267 g/mol. The molecule has 2 heterocycles. The Morgan fingerprint density at radius 2 is 2.00 bits per heavy atom. The minimum absolute atomic E-state index is 0.289. The van der Waals surface area contributed by atoms with E-state index >= 15 is 0 Å². The molecule has 1 N–H and O–H groups in total. The second kappa shape index (κ2) is 5.06. The van der Waals surface area contributed by atoms with E-state index in [0.29, 0.717) is 0 Å². The van der Waals surface area contributed by atoms with E-state index in [4.69, 9.17) is 0 Å². The normalized spacial score (nSPS) is 13.0. The maximum absolute atomic E-state index is 10.5. The zero-order valence-electron chi connectivity index (χ0n) is 11.6. The van der Waals surface area contributed by atoms with Gasteiger partial charge in [0.05, 0.1) is 11.7 Å². The first-order chi connectivity index (χ1) is 9.65. The fourth-order valence-corrected chi connectivity index (χ4v) is 2.23. The molecule has 4 nitrogen and oxygen atoms in total. The van der Waals surface area contributed by atoms with Crippen molar-refractivity contribution in [3.63, 3.8) is 0 Å². The lowest BCUT2D eigenvalue weighted by Crippen LogP contribution is -2.01. The van der Waals surface area contributed by atoms with Gasteiger partial charge in [0.15, 0.2) is 0 Å². The van der Waals surface area contributed by atoms with Crippen LogP contribution in [-0.2, 0) is 0 Å². The number of pyridine rings is 1. The Morgan fingerprint density at radius 3 is 2.75 bits per heavy atom. The Labute approximate surface area is 117 Å². The summed E-state index contributed by atoms with van der Waals surface area (Å²) in [7, 11) is 0. The minimum atomic E-state index is -0.660. The molecule has 0 aliphatic heterocycles. The third-order valence-electron chi connectivity index (χ3n) is 3.41. The molecule has 102 valence electrons. The average Bonchev–Trinajstić information content (AvgIpc) is 2.96. The Kier molecular flexibility index (Phi) is 3.24. The van der Waals surface area contributed by atoms with E-state index in [9.17, 15) is 5.11 Å². The maximum atomic E-state index is 10.5. The van der Waals surface area contributed by atoms with Crippen LogP contribution in [0.25, 0.3) is 10.9 Å². The Hall–Kier alpha value is -2.20. The van der Waals surface area contributed by atoms with Crippen molar-refractivity contribution < 1.29 is 5.11 Å².